The molecule has 0 unspecified atom stereocenters. The molecule has 0 aliphatic rings. The van der Waals surface area contributed by atoms with Crippen molar-refractivity contribution in [1.29, 1.82) is 0 Å². The van der Waals surface area contributed by atoms with E-state index in [4.69, 9.17) is 15.2 Å². The van der Waals surface area contributed by atoms with Gasteiger partial charge in [-0.1, -0.05) is 72.8 Å². The van der Waals surface area contributed by atoms with Crippen molar-refractivity contribution < 1.29 is 0 Å². The summed E-state index contributed by atoms with van der Waals surface area (Å²) in [6.45, 7) is 0. The summed E-state index contributed by atoms with van der Waals surface area (Å²) >= 11 is 0. The molecule has 0 N–H and O–H groups in total. The Morgan fingerprint density at radius 1 is 0.625 bits per heavy atom. The lowest BCUT2D eigenvalue weighted by atomic mass is 10.1. The molecule has 0 radical (unpaired) electrons. The molecule has 0 spiro atoms. The number of fused-ring (bicyclic) bond motifs is 5. The second kappa shape index (κ2) is 6.49. The van der Waals surface area contributed by atoms with Gasteiger partial charge < -0.3 is 0 Å². The smallest absolute Gasteiger partial charge is 0.182 e. The third kappa shape index (κ3) is 2.55. The lowest BCUT2D eigenvalue weighted by molar-refractivity contribution is 0.916. The van der Waals surface area contributed by atoms with Crippen LogP contribution in [0.15, 0.2) is 103 Å². The van der Waals surface area contributed by atoms with E-state index in [2.05, 4.69) is 60.8 Å². The van der Waals surface area contributed by atoms with Gasteiger partial charge in [-0.2, -0.15) is 10.2 Å². The largest absolute Gasteiger partial charge is 0.240 e. The maximum Gasteiger partial charge on any atom is 0.182 e. The van der Waals surface area contributed by atoms with E-state index in [1.54, 1.807) is 0 Å². The number of para-hydroxylation sites is 1. The van der Waals surface area contributed by atoms with Gasteiger partial charge in [0.2, 0.25) is 0 Å². The molecule has 0 aliphatic heterocycles. The van der Waals surface area contributed by atoms with Gasteiger partial charge >= 0.3 is 0 Å². The Morgan fingerprint density at radius 2 is 1.41 bits per heavy atom. The third-order valence-electron chi connectivity index (χ3n) is 5.94. The monoisotopic (exact) mass is 411 g/mol. The van der Waals surface area contributed by atoms with E-state index in [0.717, 1.165) is 50.1 Å². The highest BCUT2D eigenvalue weighted by Crippen LogP contribution is 2.29. The van der Waals surface area contributed by atoms with Crippen molar-refractivity contribution in [2.24, 2.45) is 0 Å². The van der Waals surface area contributed by atoms with E-state index in [9.17, 15) is 0 Å². The van der Waals surface area contributed by atoms with Crippen LogP contribution in [0.2, 0.25) is 0 Å². The highest BCUT2D eigenvalue weighted by Gasteiger charge is 2.16. The Labute approximate surface area is 183 Å². The number of nitrogens with zero attached hydrogens (tertiary/aromatic N) is 5. The van der Waals surface area contributed by atoms with Crippen LogP contribution in [0.3, 0.4) is 0 Å². The summed E-state index contributed by atoms with van der Waals surface area (Å²) in [5, 5.41) is 13.2. The van der Waals surface area contributed by atoms with Crippen molar-refractivity contribution in [1.82, 2.24) is 24.2 Å². The Hall–Kier alpha value is -4.51. The lowest BCUT2D eigenvalue weighted by Gasteiger charge is -2.05. The van der Waals surface area contributed by atoms with E-state index in [1.165, 1.54) is 5.39 Å². The summed E-state index contributed by atoms with van der Waals surface area (Å²) in [5.74, 6) is 0.730. The zero-order valence-corrected chi connectivity index (χ0v) is 17.1. The van der Waals surface area contributed by atoms with Gasteiger partial charge in [-0.25, -0.2) is 14.0 Å². The zero-order valence-electron chi connectivity index (χ0n) is 17.1. The van der Waals surface area contributed by atoms with Crippen LogP contribution in [-0.4, -0.2) is 24.2 Å². The summed E-state index contributed by atoms with van der Waals surface area (Å²) in [6.07, 6.45) is 2.06. The van der Waals surface area contributed by atoms with Crippen molar-refractivity contribution in [2.45, 2.75) is 0 Å². The van der Waals surface area contributed by atoms with Gasteiger partial charge in [0.1, 0.15) is 5.69 Å². The fraction of sp³-hybridized carbons (Fsp3) is 0. The number of hydrogen-bond donors (Lipinski definition) is 0. The Kier molecular flexibility index (Phi) is 3.49. The molecule has 5 nitrogen and oxygen atoms in total. The second-order valence-corrected chi connectivity index (χ2v) is 7.95. The van der Waals surface area contributed by atoms with Crippen LogP contribution in [0.5, 0.6) is 0 Å². The molecule has 32 heavy (non-hydrogen) atoms. The van der Waals surface area contributed by atoms with E-state index >= 15 is 0 Å². The molecule has 0 saturated carbocycles. The van der Waals surface area contributed by atoms with Gasteiger partial charge in [0.05, 0.1) is 22.2 Å². The second-order valence-electron chi connectivity index (χ2n) is 7.95. The summed E-state index contributed by atoms with van der Waals surface area (Å²) in [4.78, 5) is 4.97. The first-order valence-electron chi connectivity index (χ1n) is 10.6. The fourth-order valence-corrected chi connectivity index (χ4v) is 4.38. The Morgan fingerprint density at radius 3 is 2.31 bits per heavy atom. The van der Waals surface area contributed by atoms with Crippen LogP contribution in [-0.2, 0) is 0 Å². The number of aromatic nitrogens is 5. The van der Waals surface area contributed by atoms with Crippen LogP contribution in [0, 0.1) is 0 Å². The van der Waals surface area contributed by atoms with Crippen LogP contribution in [0.25, 0.3) is 55.5 Å². The van der Waals surface area contributed by atoms with Crippen LogP contribution < -0.4 is 0 Å². The maximum absolute atomic E-state index is 4.97. The van der Waals surface area contributed by atoms with Gasteiger partial charge in [0, 0.05) is 22.5 Å². The molecule has 4 heterocycles. The number of pyridine rings is 1. The lowest BCUT2D eigenvalue weighted by Crippen LogP contribution is -2.00. The highest BCUT2D eigenvalue weighted by molar-refractivity contribution is 5.96. The van der Waals surface area contributed by atoms with Crippen LogP contribution >= 0.6 is 0 Å². The molecule has 0 bridgehead atoms. The molecule has 4 aromatic heterocycles. The number of rotatable bonds is 2. The standard InChI is InChI=1S/C27H17N5/c1-2-8-18(9-3-1)24-16-26-22-12-6-7-13-23(22)28-27(32(26)30-24)25-15-21-14-19-10-4-5-11-20(19)17-31(21)29-25/h1-17H. The number of benzene rings is 3. The van der Waals surface area contributed by atoms with Gasteiger partial charge in [0.15, 0.2) is 5.82 Å². The molecule has 7 aromatic rings. The normalized spacial score (nSPS) is 11.8. The Bertz CT molecular complexity index is 1720. The molecule has 5 heteroatoms. The molecule has 0 amide bonds. The fourth-order valence-electron chi connectivity index (χ4n) is 4.38. The molecular formula is C27H17N5. The van der Waals surface area contributed by atoms with E-state index in [1.807, 2.05) is 51.5 Å². The molecule has 0 aliphatic carbocycles. The first-order chi connectivity index (χ1) is 15.8. The average molecular weight is 411 g/mol. The molecule has 150 valence electrons. The number of hydrogen-bond acceptors (Lipinski definition) is 3. The van der Waals surface area contributed by atoms with E-state index in [-0.39, 0.29) is 0 Å². The minimum Gasteiger partial charge on any atom is -0.240 e. The van der Waals surface area contributed by atoms with E-state index < -0.39 is 0 Å². The highest BCUT2D eigenvalue weighted by atomic mass is 15.3. The van der Waals surface area contributed by atoms with Crippen LogP contribution in [0.1, 0.15) is 0 Å². The molecular weight excluding hydrogens is 394 g/mol. The minimum absolute atomic E-state index is 0.730. The molecule has 3 aromatic carbocycles. The molecule has 0 saturated heterocycles. The van der Waals surface area contributed by atoms with Crippen molar-refractivity contribution in [2.75, 3.05) is 0 Å². The minimum atomic E-state index is 0.730. The zero-order chi connectivity index (χ0) is 21.1. The summed E-state index contributed by atoms with van der Waals surface area (Å²) in [5.41, 5.74) is 5.76. The van der Waals surface area contributed by atoms with Gasteiger partial charge in [-0.3, -0.25) is 0 Å². The van der Waals surface area contributed by atoms with Crippen molar-refractivity contribution in [3.63, 3.8) is 0 Å². The third-order valence-corrected chi connectivity index (χ3v) is 5.94. The molecule has 0 atom stereocenters. The Balaban J connectivity index is 1.53. The summed E-state index contributed by atoms with van der Waals surface area (Å²) in [6, 6.07) is 33.1. The maximum atomic E-state index is 4.97. The topological polar surface area (TPSA) is 47.5 Å². The van der Waals surface area contributed by atoms with Gasteiger partial charge in [-0.05, 0) is 29.7 Å². The predicted octanol–water partition coefficient (Wildman–Crippen LogP) is 6.02. The summed E-state index contributed by atoms with van der Waals surface area (Å²) in [7, 11) is 0. The van der Waals surface area contributed by atoms with Crippen molar-refractivity contribution >= 4 is 32.7 Å². The SMILES string of the molecule is c1ccc(-c2cc3c4ccccc4nc(-c4cc5cc6ccccc6cn5n4)n3n2)cc1. The first-order valence-corrected chi connectivity index (χ1v) is 10.6. The van der Waals surface area contributed by atoms with Crippen LogP contribution in [0.4, 0.5) is 0 Å². The molecule has 7 rings (SSSR count). The van der Waals surface area contributed by atoms with Crippen molar-refractivity contribution in [3.8, 4) is 22.8 Å². The average Bonchev–Trinajstić information content (AvgIpc) is 3.47. The van der Waals surface area contributed by atoms with Gasteiger partial charge in [0.25, 0.3) is 0 Å². The van der Waals surface area contributed by atoms with E-state index in [0.29, 0.717) is 0 Å². The van der Waals surface area contributed by atoms with Crippen molar-refractivity contribution in [3.05, 3.63) is 103 Å². The first kappa shape index (κ1) is 17.2. The molecule has 0 fully saturated rings. The predicted molar refractivity (Wildman–Crippen MR) is 128 cm³/mol. The quantitative estimate of drug-likeness (QED) is 0.350. The summed E-state index contributed by atoms with van der Waals surface area (Å²) < 4.78 is 3.84. The van der Waals surface area contributed by atoms with Gasteiger partial charge in [-0.15, -0.1) is 0 Å².